The number of amides is 3. The largest absolute Gasteiger partial charge is 0.497 e. The third kappa shape index (κ3) is 7.06. The summed E-state index contributed by atoms with van der Waals surface area (Å²) in [6.07, 6.45) is 3.76. The van der Waals surface area contributed by atoms with Crippen LogP contribution in [0.1, 0.15) is 54.1 Å². The molecule has 0 spiro atoms. The standard InChI is InChI=1S/C37H41N9O6/c1-22(32-15-27-13-26(25-7-8-25)14-34(46(27)42-32)45-21-35(47)43(2)37(45)48)39-33-18-38-41-36(40-33)44(19-23-9-28(49-3)16-29(10-23)50-4)20-24-11-30(51-5)17-31(12-24)52-6/h9-18,22,25H,7-8,19-21H2,1-6H3,(H,39,40,41). The number of aromatic nitrogens is 5. The third-order valence-corrected chi connectivity index (χ3v) is 9.30. The first-order chi connectivity index (χ1) is 25.2. The van der Waals surface area contributed by atoms with Crippen LogP contribution in [-0.4, -0.2) is 83.7 Å². The van der Waals surface area contributed by atoms with Gasteiger partial charge >= 0.3 is 6.03 Å². The van der Waals surface area contributed by atoms with Gasteiger partial charge in [-0.25, -0.2) is 9.31 Å². The molecule has 3 aromatic heterocycles. The molecule has 2 aromatic carbocycles. The van der Waals surface area contributed by atoms with Gasteiger partial charge < -0.3 is 29.2 Å². The number of hydrogen-bond acceptors (Lipinski definition) is 12. The highest BCUT2D eigenvalue weighted by Gasteiger charge is 2.37. The van der Waals surface area contributed by atoms with Crippen molar-refractivity contribution >= 4 is 35.0 Å². The Morgan fingerprint density at radius 1 is 0.846 bits per heavy atom. The Morgan fingerprint density at radius 3 is 1.96 bits per heavy atom. The molecule has 0 bridgehead atoms. The number of fused-ring (bicyclic) bond motifs is 1. The number of nitrogens with one attached hydrogen (secondary N) is 1. The van der Waals surface area contributed by atoms with E-state index < -0.39 is 0 Å². The number of hydrogen-bond donors (Lipinski definition) is 1. The van der Waals surface area contributed by atoms with E-state index in [0.29, 0.717) is 59.6 Å². The number of methoxy groups -OCH3 is 4. The minimum atomic E-state index is -0.369. The summed E-state index contributed by atoms with van der Waals surface area (Å²) in [5.41, 5.74) is 4.53. The van der Waals surface area contributed by atoms with E-state index >= 15 is 0 Å². The summed E-state index contributed by atoms with van der Waals surface area (Å²) in [6.45, 7) is 2.75. The molecule has 15 nitrogen and oxygen atoms in total. The maximum Gasteiger partial charge on any atom is 0.332 e. The van der Waals surface area contributed by atoms with Crippen LogP contribution in [0.15, 0.2) is 60.8 Å². The molecule has 1 aliphatic heterocycles. The first kappa shape index (κ1) is 34.3. The molecule has 15 heteroatoms. The van der Waals surface area contributed by atoms with Crippen LogP contribution >= 0.6 is 0 Å². The van der Waals surface area contributed by atoms with Crippen molar-refractivity contribution in [3.63, 3.8) is 0 Å². The highest BCUT2D eigenvalue weighted by Crippen LogP contribution is 2.42. The summed E-state index contributed by atoms with van der Waals surface area (Å²) in [6, 6.07) is 16.8. The second kappa shape index (κ2) is 14.2. The Balaban J connectivity index is 1.19. The number of pyridine rings is 1. The molecule has 3 amide bonds. The van der Waals surface area contributed by atoms with E-state index in [4.69, 9.17) is 29.0 Å². The zero-order valence-corrected chi connectivity index (χ0v) is 30.0. The second-order valence-corrected chi connectivity index (χ2v) is 13.0. The van der Waals surface area contributed by atoms with Gasteiger partial charge in [0.2, 0.25) is 5.95 Å². The lowest BCUT2D eigenvalue weighted by Crippen LogP contribution is -2.31. The van der Waals surface area contributed by atoms with Crippen molar-refractivity contribution < 1.29 is 28.5 Å². The number of imide groups is 1. The van der Waals surface area contributed by atoms with Crippen molar-refractivity contribution in [3.8, 4) is 23.0 Å². The van der Waals surface area contributed by atoms with E-state index in [-0.39, 0.29) is 24.5 Å². The maximum atomic E-state index is 13.0. The van der Waals surface area contributed by atoms with Gasteiger partial charge in [-0.15, -0.1) is 5.10 Å². The van der Waals surface area contributed by atoms with Crippen LogP contribution in [0.4, 0.5) is 22.4 Å². The van der Waals surface area contributed by atoms with Gasteiger partial charge in [-0.1, -0.05) is 0 Å². The highest BCUT2D eigenvalue weighted by molar-refractivity contribution is 6.11. The highest BCUT2D eigenvalue weighted by atomic mass is 16.5. The van der Waals surface area contributed by atoms with Crippen LogP contribution in [-0.2, 0) is 17.9 Å². The van der Waals surface area contributed by atoms with Crippen molar-refractivity contribution in [1.29, 1.82) is 0 Å². The molecule has 2 aliphatic rings. The van der Waals surface area contributed by atoms with Gasteiger partial charge in [0.05, 0.1) is 51.9 Å². The number of urea groups is 1. The SMILES string of the molecule is COc1cc(CN(Cc2cc(OC)cc(OC)c2)c2nncc(NC(C)c3cc4cc(C5CC5)cc(N5CC(=O)N(C)C5=O)n4n3)n2)cc(OC)c1. The number of carbonyl (C=O) groups excluding carboxylic acids is 2. The minimum absolute atomic E-state index is 0.0292. The number of likely N-dealkylation sites (N-methyl/N-ethyl adjacent to an activating group) is 1. The molecule has 0 radical (unpaired) electrons. The van der Waals surface area contributed by atoms with Crippen LogP contribution in [0.5, 0.6) is 23.0 Å². The Morgan fingerprint density at radius 2 is 1.44 bits per heavy atom. The summed E-state index contributed by atoms with van der Waals surface area (Å²) in [5, 5.41) is 17.1. The average Bonchev–Trinajstić information content (AvgIpc) is 3.87. The smallest absolute Gasteiger partial charge is 0.332 e. The van der Waals surface area contributed by atoms with Crippen LogP contribution in [0, 0.1) is 0 Å². The Labute approximate surface area is 301 Å². The third-order valence-electron chi connectivity index (χ3n) is 9.30. The molecule has 4 heterocycles. The molecular weight excluding hydrogens is 666 g/mol. The quantitative estimate of drug-likeness (QED) is 0.151. The molecule has 1 atom stereocenters. The minimum Gasteiger partial charge on any atom is -0.497 e. The Hall–Kier alpha value is -6.12. The van der Waals surface area contributed by atoms with Gasteiger partial charge in [0, 0.05) is 32.3 Å². The molecule has 1 N–H and O–H groups in total. The number of nitrogens with zero attached hydrogens (tertiary/aromatic N) is 8. The number of rotatable bonds is 14. The summed E-state index contributed by atoms with van der Waals surface area (Å²) in [4.78, 5) is 35.0. The first-order valence-electron chi connectivity index (χ1n) is 16.9. The molecular formula is C37H41N9O6. The molecule has 52 heavy (non-hydrogen) atoms. The number of carbonyl (C=O) groups is 2. The fourth-order valence-corrected chi connectivity index (χ4v) is 6.30. The van der Waals surface area contributed by atoms with Gasteiger partial charge in [0.15, 0.2) is 5.82 Å². The molecule has 2 fully saturated rings. The van der Waals surface area contributed by atoms with Crippen molar-refractivity contribution in [2.45, 2.75) is 44.8 Å². The zero-order chi connectivity index (χ0) is 36.5. The zero-order valence-electron chi connectivity index (χ0n) is 30.0. The second-order valence-electron chi connectivity index (χ2n) is 13.0. The van der Waals surface area contributed by atoms with E-state index in [1.807, 2.05) is 60.4 Å². The predicted molar refractivity (Wildman–Crippen MR) is 194 cm³/mol. The van der Waals surface area contributed by atoms with Gasteiger partial charge in [-0.05, 0) is 84.8 Å². The lowest BCUT2D eigenvalue weighted by molar-refractivity contribution is -0.123. The molecule has 1 unspecified atom stereocenters. The maximum absolute atomic E-state index is 13.0. The fourth-order valence-electron chi connectivity index (χ4n) is 6.30. The van der Waals surface area contributed by atoms with Crippen molar-refractivity contribution in [3.05, 3.63) is 83.2 Å². The van der Waals surface area contributed by atoms with E-state index in [9.17, 15) is 9.59 Å². The molecule has 1 saturated carbocycles. The van der Waals surface area contributed by atoms with Crippen molar-refractivity contribution in [2.75, 3.05) is 57.1 Å². The molecule has 5 aromatic rings. The predicted octanol–water partition coefficient (Wildman–Crippen LogP) is 5.21. The van der Waals surface area contributed by atoms with Gasteiger partial charge in [0.25, 0.3) is 5.91 Å². The van der Waals surface area contributed by atoms with E-state index in [1.54, 1.807) is 39.2 Å². The van der Waals surface area contributed by atoms with Crippen molar-refractivity contribution in [2.24, 2.45) is 0 Å². The number of benzene rings is 2. The van der Waals surface area contributed by atoms with E-state index in [1.165, 1.54) is 11.9 Å². The molecule has 1 saturated heterocycles. The van der Waals surface area contributed by atoms with Gasteiger partial charge in [-0.3, -0.25) is 14.6 Å². The summed E-state index contributed by atoms with van der Waals surface area (Å²) in [5.74, 6) is 4.27. The monoisotopic (exact) mass is 707 g/mol. The van der Waals surface area contributed by atoms with Crippen LogP contribution in [0.3, 0.4) is 0 Å². The van der Waals surface area contributed by atoms with E-state index in [2.05, 4.69) is 21.6 Å². The lowest BCUT2D eigenvalue weighted by atomic mass is 10.1. The molecule has 7 rings (SSSR count). The van der Waals surface area contributed by atoms with Crippen LogP contribution in [0.25, 0.3) is 5.52 Å². The summed E-state index contributed by atoms with van der Waals surface area (Å²) >= 11 is 0. The Kier molecular flexibility index (Phi) is 9.41. The summed E-state index contributed by atoms with van der Waals surface area (Å²) < 4.78 is 23.9. The topological polar surface area (TPSA) is 149 Å². The van der Waals surface area contributed by atoms with Crippen LogP contribution in [0.2, 0.25) is 0 Å². The summed E-state index contributed by atoms with van der Waals surface area (Å²) in [7, 11) is 7.96. The normalized spacial score (nSPS) is 14.9. The first-order valence-corrected chi connectivity index (χ1v) is 16.9. The number of anilines is 3. The van der Waals surface area contributed by atoms with Crippen LogP contribution < -0.4 is 34.1 Å². The average molecular weight is 708 g/mol. The fraction of sp³-hybridized carbons (Fsp3) is 0.351. The molecule has 1 aliphatic carbocycles. The van der Waals surface area contributed by atoms with Gasteiger partial charge in [-0.2, -0.15) is 15.2 Å². The number of ether oxygens (including phenoxy) is 4. The lowest BCUT2D eigenvalue weighted by Gasteiger charge is -2.24. The van der Waals surface area contributed by atoms with Crippen molar-refractivity contribution in [1.82, 2.24) is 29.7 Å². The van der Waals surface area contributed by atoms with Gasteiger partial charge in [0.1, 0.15) is 35.4 Å². The molecule has 270 valence electrons. The van der Waals surface area contributed by atoms with E-state index in [0.717, 1.165) is 45.6 Å². The Bertz CT molecular complexity index is 2030.